The number of hydrogen-bond donors (Lipinski definition) is 2. The van der Waals surface area contributed by atoms with E-state index in [0.29, 0.717) is 63.5 Å². The van der Waals surface area contributed by atoms with Crippen molar-refractivity contribution in [2.75, 3.05) is 57.1 Å². The zero-order chi connectivity index (χ0) is 45.3. The number of aromatic nitrogens is 3. The third-order valence-electron chi connectivity index (χ3n) is 8.95. The Kier molecular flexibility index (Phi) is 16.3. The molecule has 0 aliphatic carbocycles. The summed E-state index contributed by atoms with van der Waals surface area (Å²) in [4.78, 5) is 44.0. The maximum absolute atomic E-state index is 13.7. The van der Waals surface area contributed by atoms with Crippen molar-refractivity contribution in [1.82, 2.24) is 24.8 Å². The number of benzene rings is 2. The van der Waals surface area contributed by atoms with Crippen LogP contribution in [-0.4, -0.2) is 106 Å². The highest BCUT2D eigenvalue weighted by Crippen LogP contribution is 2.55. The molecule has 62 heavy (non-hydrogen) atoms. The van der Waals surface area contributed by atoms with E-state index in [1.54, 1.807) is 65.8 Å². The van der Waals surface area contributed by atoms with Gasteiger partial charge in [0.15, 0.2) is 16.6 Å². The third-order valence-corrected chi connectivity index (χ3v) is 11.9. The van der Waals surface area contributed by atoms with Gasteiger partial charge in [0, 0.05) is 53.9 Å². The monoisotopic (exact) mass is 901 g/mol. The van der Waals surface area contributed by atoms with E-state index in [-0.39, 0.29) is 31.5 Å². The number of nitrogens with one attached hydrogen (secondary N) is 2. The number of fused-ring (bicyclic) bond motifs is 1. The van der Waals surface area contributed by atoms with Crippen molar-refractivity contribution < 1.29 is 46.3 Å². The minimum absolute atomic E-state index is 0.0649. The van der Waals surface area contributed by atoms with E-state index in [4.69, 9.17) is 27.8 Å². The molecule has 1 aliphatic heterocycles. The Bertz CT molecular complexity index is 2170. The van der Waals surface area contributed by atoms with Crippen LogP contribution in [0.25, 0.3) is 10.9 Å². The highest BCUT2D eigenvalue weighted by Gasteiger charge is 2.38. The summed E-state index contributed by atoms with van der Waals surface area (Å²) in [6, 6.07) is 9.41. The molecule has 2 amide bonds. The zero-order valence-corrected chi connectivity index (χ0v) is 39.1. The van der Waals surface area contributed by atoms with Gasteiger partial charge in [0.25, 0.3) is 0 Å². The summed E-state index contributed by atoms with van der Waals surface area (Å²) in [6.07, 6.45) is 5.21. The van der Waals surface area contributed by atoms with Gasteiger partial charge in [0.05, 0.1) is 43.5 Å². The lowest BCUT2D eigenvalue weighted by Crippen LogP contribution is -2.46. The smallest absolute Gasteiger partial charge is 0.475 e. The van der Waals surface area contributed by atoms with Crippen LogP contribution in [0.5, 0.6) is 11.5 Å². The van der Waals surface area contributed by atoms with Crippen molar-refractivity contribution in [3.05, 3.63) is 59.6 Å². The van der Waals surface area contributed by atoms with Gasteiger partial charge in [0.1, 0.15) is 23.6 Å². The van der Waals surface area contributed by atoms with Crippen molar-refractivity contribution in [2.24, 2.45) is 0 Å². The number of anilines is 3. The molecule has 0 saturated carbocycles. The van der Waals surface area contributed by atoms with Gasteiger partial charge in [-0.25, -0.2) is 28.7 Å². The number of phosphoric ester groups is 1. The van der Waals surface area contributed by atoms with E-state index >= 15 is 0 Å². The number of thiazole rings is 1. The van der Waals surface area contributed by atoms with Crippen LogP contribution in [-0.2, 0) is 34.1 Å². The predicted octanol–water partition coefficient (Wildman–Crippen LogP) is 9.38. The first kappa shape index (κ1) is 48.6. The molecule has 2 N–H and O–H groups in total. The normalized spacial score (nSPS) is 15.1. The number of rotatable bonds is 19. The number of nitrogens with zero attached hydrogens (tertiary/aromatic N) is 5. The van der Waals surface area contributed by atoms with Crippen molar-refractivity contribution in [1.29, 1.82) is 0 Å². The first-order valence-corrected chi connectivity index (χ1v) is 23.0. The van der Waals surface area contributed by atoms with Gasteiger partial charge in [-0.1, -0.05) is 6.07 Å². The van der Waals surface area contributed by atoms with Gasteiger partial charge < -0.3 is 29.7 Å². The van der Waals surface area contributed by atoms with E-state index < -0.39 is 36.5 Å². The standard InChI is InChI=1S/C43H61FN7O9PS/c1-41(2,3)58-40(53)51(19-21-57-61(54,59-42(4,5)6)60-43(7,8)9)27-31-16-12-17-50(31)18-13-20-56-36-25-34-33(24-35(36)55-10)38(47-28-46-34)49-39-45-26-32(62-39)23-37(52)48-30-15-11-14-29(44)22-30/h11,14-15,22,24-26,28,31H,12-13,16-21,23,27H2,1-10H3,(H,48,52)(H,45,46,47,49)/t31-/m0/s1. The van der Waals surface area contributed by atoms with Crippen molar-refractivity contribution in [3.63, 3.8) is 0 Å². The molecule has 1 atom stereocenters. The van der Waals surface area contributed by atoms with Crippen molar-refractivity contribution in [3.8, 4) is 11.5 Å². The molecule has 1 aliphatic rings. The Hall–Kier alpha value is -4.45. The minimum atomic E-state index is -3.97. The van der Waals surface area contributed by atoms with E-state index in [1.807, 2.05) is 32.9 Å². The molecule has 0 unspecified atom stereocenters. The molecule has 340 valence electrons. The highest BCUT2D eigenvalue weighted by molar-refractivity contribution is 7.48. The quantitative estimate of drug-likeness (QED) is 0.0672. The molecule has 0 spiro atoms. The molecule has 19 heteroatoms. The topological polar surface area (TPSA) is 176 Å². The Morgan fingerprint density at radius 1 is 0.968 bits per heavy atom. The Morgan fingerprint density at radius 3 is 2.39 bits per heavy atom. The molecule has 2 aromatic carbocycles. The Labute approximate surface area is 367 Å². The number of carbonyl (C=O) groups excluding carboxylic acids is 2. The second-order valence-electron chi connectivity index (χ2n) is 17.9. The molecule has 0 radical (unpaired) electrons. The van der Waals surface area contributed by atoms with Crippen molar-refractivity contribution in [2.45, 2.75) is 111 Å². The fraction of sp³-hybridized carbons (Fsp3) is 0.558. The Balaban J connectivity index is 1.17. The number of likely N-dealkylation sites (tertiary alicyclic amines) is 1. The fourth-order valence-corrected chi connectivity index (χ4v) is 9.20. The summed E-state index contributed by atoms with van der Waals surface area (Å²) >= 11 is 1.30. The average Bonchev–Trinajstić information content (AvgIpc) is 3.78. The first-order chi connectivity index (χ1) is 29.1. The van der Waals surface area contributed by atoms with E-state index in [0.717, 1.165) is 25.9 Å². The SMILES string of the molecule is COc1cc2c(Nc3ncc(CC(=O)Nc4cccc(F)c4)s3)ncnc2cc1OCCCN1CCC[C@H]1CN(CCOP(=O)(OC(C)(C)C)OC(C)(C)C)C(=O)OC(C)(C)C. The maximum atomic E-state index is 13.7. The molecule has 4 aromatic rings. The summed E-state index contributed by atoms with van der Waals surface area (Å²) in [6.45, 7) is 18.5. The zero-order valence-electron chi connectivity index (χ0n) is 37.4. The summed E-state index contributed by atoms with van der Waals surface area (Å²) in [5.74, 6) is 0.815. The van der Waals surface area contributed by atoms with E-state index in [2.05, 4.69) is 30.5 Å². The lowest BCUT2D eigenvalue weighted by Gasteiger charge is -2.34. The van der Waals surface area contributed by atoms with Gasteiger partial charge >= 0.3 is 13.9 Å². The summed E-state index contributed by atoms with van der Waals surface area (Å²) < 4.78 is 62.3. The lowest BCUT2D eigenvalue weighted by atomic mass is 10.2. The molecule has 1 fully saturated rings. The number of carbonyl (C=O) groups is 2. The average molecular weight is 902 g/mol. The predicted molar refractivity (Wildman–Crippen MR) is 238 cm³/mol. The number of hydrogen-bond acceptors (Lipinski definition) is 15. The van der Waals surface area contributed by atoms with Crippen molar-refractivity contribution >= 4 is 58.7 Å². The van der Waals surface area contributed by atoms with Gasteiger partial charge in [-0.15, -0.1) is 11.3 Å². The van der Waals surface area contributed by atoms with E-state index in [9.17, 15) is 18.5 Å². The number of ether oxygens (including phenoxy) is 3. The van der Waals surface area contributed by atoms with Crippen LogP contribution in [0.2, 0.25) is 0 Å². The largest absolute Gasteiger partial charge is 0.493 e. The molecule has 0 bridgehead atoms. The summed E-state index contributed by atoms with van der Waals surface area (Å²) in [5.41, 5.74) is -1.28. The van der Waals surface area contributed by atoms with Crippen LogP contribution < -0.4 is 20.1 Å². The molecular formula is C43H61FN7O9PS. The van der Waals surface area contributed by atoms with Crippen LogP contribution in [0.3, 0.4) is 0 Å². The summed E-state index contributed by atoms with van der Waals surface area (Å²) in [5, 5.41) is 7.14. The maximum Gasteiger partial charge on any atom is 0.475 e. The number of methoxy groups -OCH3 is 1. The van der Waals surface area contributed by atoms with Crippen LogP contribution >= 0.6 is 19.2 Å². The van der Waals surface area contributed by atoms with Gasteiger partial charge in [-0.3, -0.25) is 23.3 Å². The van der Waals surface area contributed by atoms with E-state index in [1.165, 1.54) is 35.9 Å². The highest BCUT2D eigenvalue weighted by atomic mass is 32.1. The lowest BCUT2D eigenvalue weighted by molar-refractivity contribution is -0.115. The number of phosphoric acid groups is 1. The Morgan fingerprint density at radius 2 is 1.71 bits per heavy atom. The fourth-order valence-electron chi connectivity index (χ4n) is 6.60. The second-order valence-corrected chi connectivity index (χ2v) is 20.5. The van der Waals surface area contributed by atoms with Crippen LogP contribution in [0.15, 0.2) is 48.9 Å². The molecule has 5 rings (SSSR count). The van der Waals surface area contributed by atoms with Crippen LogP contribution in [0.4, 0.5) is 25.8 Å². The molecule has 16 nitrogen and oxygen atoms in total. The molecule has 2 aromatic heterocycles. The van der Waals surface area contributed by atoms with Crippen LogP contribution in [0, 0.1) is 5.82 Å². The summed E-state index contributed by atoms with van der Waals surface area (Å²) in [7, 11) is -2.41. The van der Waals surface area contributed by atoms with Gasteiger partial charge in [0.2, 0.25) is 5.91 Å². The third kappa shape index (κ3) is 15.4. The molecule has 3 heterocycles. The molecule has 1 saturated heterocycles. The van der Waals surface area contributed by atoms with Gasteiger partial charge in [-0.05, 0) is 112 Å². The number of amides is 2. The number of halogens is 1. The first-order valence-electron chi connectivity index (χ1n) is 20.7. The van der Waals surface area contributed by atoms with Gasteiger partial charge in [-0.2, -0.15) is 0 Å². The van der Waals surface area contributed by atoms with Crippen LogP contribution in [0.1, 0.15) is 86.5 Å². The second kappa shape index (κ2) is 20.8. The minimum Gasteiger partial charge on any atom is -0.493 e. The molecular weight excluding hydrogens is 841 g/mol.